The lowest BCUT2D eigenvalue weighted by Crippen LogP contribution is -2.33. The van der Waals surface area contributed by atoms with Gasteiger partial charge in [0.25, 0.3) is 5.56 Å². The summed E-state index contributed by atoms with van der Waals surface area (Å²) in [6, 6.07) is 5.71. The molecule has 0 spiro atoms. The van der Waals surface area contributed by atoms with Gasteiger partial charge in [0.15, 0.2) is 16.7 Å². The SMILES string of the molecule is COc1ccc(CCNC(=O)C(C)Sc2nc3c(c(=O)[nH]2)CCCC3)cc1OC. The topological polar surface area (TPSA) is 93.3 Å². The molecule has 1 unspecified atom stereocenters. The predicted molar refractivity (Wildman–Crippen MR) is 113 cm³/mol. The molecular weight excluding hydrogens is 390 g/mol. The summed E-state index contributed by atoms with van der Waals surface area (Å²) in [4.78, 5) is 32.1. The lowest BCUT2D eigenvalue weighted by Gasteiger charge is -2.16. The number of amides is 1. The van der Waals surface area contributed by atoms with Gasteiger partial charge in [0.05, 0.1) is 25.2 Å². The maximum Gasteiger partial charge on any atom is 0.254 e. The third-order valence-electron chi connectivity index (χ3n) is 4.99. The first-order valence-corrected chi connectivity index (χ1v) is 10.7. The fourth-order valence-corrected chi connectivity index (χ4v) is 4.21. The van der Waals surface area contributed by atoms with E-state index >= 15 is 0 Å². The predicted octanol–water partition coefficient (Wildman–Crippen LogP) is 2.51. The zero-order valence-electron chi connectivity index (χ0n) is 17.0. The smallest absolute Gasteiger partial charge is 0.254 e. The number of ether oxygens (including phenoxy) is 2. The van der Waals surface area contributed by atoms with Crippen LogP contribution in [0.5, 0.6) is 11.5 Å². The molecule has 2 N–H and O–H groups in total. The fourth-order valence-electron chi connectivity index (χ4n) is 3.37. The molecule has 2 aromatic rings. The number of benzene rings is 1. The van der Waals surface area contributed by atoms with Crippen molar-refractivity contribution in [3.8, 4) is 11.5 Å². The van der Waals surface area contributed by atoms with Gasteiger partial charge in [-0.25, -0.2) is 4.98 Å². The Morgan fingerprint density at radius 1 is 1.24 bits per heavy atom. The number of carbonyl (C=O) groups excluding carboxylic acids is 1. The average Bonchev–Trinajstić information content (AvgIpc) is 2.73. The number of thioether (sulfide) groups is 1. The molecule has 1 aromatic heterocycles. The number of fused-ring (bicyclic) bond motifs is 1. The monoisotopic (exact) mass is 417 g/mol. The van der Waals surface area contributed by atoms with Gasteiger partial charge in [0.2, 0.25) is 5.91 Å². The van der Waals surface area contributed by atoms with E-state index in [4.69, 9.17) is 9.47 Å². The minimum absolute atomic E-state index is 0.0711. The minimum Gasteiger partial charge on any atom is -0.493 e. The molecule has 0 aliphatic heterocycles. The van der Waals surface area contributed by atoms with Gasteiger partial charge in [-0.05, 0) is 56.7 Å². The molecular formula is C21H27N3O4S. The van der Waals surface area contributed by atoms with Crippen LogP contribution < -0.4 is 20.3 Å². The summed E-state index contributed by atoms with van der Waals surface area (Å²) in [7, 11) is 3.20. The molecule has 3 rings (SSSR count). The largest absolute Gasteiger partial charge is 0.493 e. The van der Waals surface area contributed by atoms with E-state index in [0.717, 1.165) is 42.5 Å². The minimum atomic E-state index is -0.356. The van der Waals surface area contributed by atoms with E-state index < -0.39 is 0 Å². The Balaban J connectivity index is 1.53. The van der Waals surface area contributed by atoms with E-state index in [1.54, 1.807) is 14.2 Å². The summed E-state index contributed by atoms with van der Waals surface area (Å²) < 4.78 is 10.5. The molecule has 1 heterocycles. The maximum absolute atomic E-state index is 12.4. The fraction of sp³-hybridized carbons (Fsp3) is 0.476. The summed E-state index contributed by atoms with van der Waals surface area (Å²) in [6.07, 6.45) is 4.38. The lowest BCUT2D eigenvalue weighted by molar-refractivity contribution is -0.120. The van der Waals surface area contributed by atoms with Crippen LogP contribution in [0.15, 0.2) is 28.2 Å². The normalized spacial score (nSPS) is 14.0. The number of aromatic nitrogens is 2. The summed E-state index contributed by atoms with van der Waals surface area (Å²) >= 11 is 1.28. The molecule has 1 aliphatic rings. The van der Waals surface area contributed by atoms with Crippen LogP contribution in [-0.4, -0.2) is 41.9 Å². The number of nitrogens with one attached hydrogen (secondary N) is 2. The molecule has 8 heteroatoms. The summed E-state index contributed by atoms with van der Waals surface area (Å²) in [5.41, 5.74) is 2.65. The second kappa shape index (κ2) is 9.82. The zero-order valence-corrected chi connectivity index (χ0v) is 17.9. The van der Waals surface area contributed by atoms with E-state index in [9.17, 15) is 9.59 Å². The van der Waals surface area contributed by atoms with Crippen LogP contribution in [-0.2, 0) is 24.1 Å². The molecule has 0 saturated carbocycles. The average molecular weight is 418 g/mol. The van der Waals surface area contributed by atoms with E-state index in [2.05, 4.69) is 15.3 Å². The Morgan fingerprint density at radius 2 is 2.00 bits per heavy atom. The Morgan fingerprint density at radius 3 is 2.76 bits per heavy atom. The summed E-state index contributed by atoms with van der Waals surface area (Å²) in [6.45, 7) is 2.32. The lowest BCUT2D eigenvalue weighted by atomic mass is 9.97. The summed E-state index contributed by atoms with van der Waals surface area (Å²) in [5.74, 6) is 1.26. The van der Waals surface area contributed by atoms with E-state index in [0.29, 0.717) is 29.6 Å². The number of rotatable bonds is 8. The molecule has 7 nitrogen and oxygen atoms in total. The quantitative estimate of drug-likeness (QED) is 0.506. The van der Waals surface area contributed by atoms with Crippen LogP contribution >= 0.6 is 11.8 Å². The molecule has 1 aromatic carbocycles. The second-order valence-electron chi connectivity index (χ2n) is 6.99. The van der Waals surface area contributed by atoms with Crippen molar-refractivity contribution in [1.29, 1.82) is 0 Å². The molecule has 0 fully saturated rings. The standard InChI is InChI=1S/C21H27N3O4S/c1-13(29-21-23-16-7-5-4-6-15(16)20(26)24-21)19(25)22-11-10-14-8-9-17(27-2)18(12-14)28-3/h8-9,12-13H,4-7,10-11H2,1-3H3,(H,22,25)(H,23,24,26). The van der Waals surface area contributed by atoms with Gasteiger partial charge >= 0.3 is 0 Å². The van der Waals surface area contributed by atoms with Gasteiger partial charge in [0, 0.05) is 12.1 Å². The van der Waals surface area contributed by atoms with Crippen molar-refractivity contribution in [1.82, 2.24) is 15.3 Å². The Labute approximate surface area is 174 Å². The number of aromatic amines is 1. The molecule has 29 heavy (non-hydrogen) atoms. The van der Waals surface area contributed by atoms with Gasteiger partial charge in [-0.15, -0.1) is 0 Å². The molecule has 1 aliphatic carbocycles. The zero-order chi connectivity index (χ0) is 20.8. The van der Waals surface area contributed by atoms with E-state index in [1.165, 1.54) is 11.8 Å². The van der Waals surface area contributed by atoms with Crippen LogP contribution in [0, 0.1) is 0 Å². The first kappa shape index (κ1) is 21.2. The van der Waals surface area contributed by atoms with Crippen molar-refractivity contribution in [3.63, 3.8) is 0 Å². The highest BCUT2D eigenvalue weighted by atomic mass is 32.2. The number of hydrogen-bond acceptors (Lipinski definition) is 6. The molecule has 156 valence electrons. The Bertz CT molecular complexity index is 929. The van der Waals surface area contributed by atoms with Crippen LogP contribution in [0.2, 0.25) is 0 Å². The van der Waals surface area contributed by atoms with Crippen molar-refractivity contribution < 1.29 is 14.3 Å². The molecule has 1 atom stereocenters. The number of aryl methyl sites for hydroxylation is 1. The van der Waals surface area contributed by atoms with E-state index in [-0.39, 0.29) is 16.7 Å². The first-order chi connectivity index (χ1) is 14.0. The highest BCUT2D eigenvalue weighted by Gasteiger charge is 2.19. The number of methoxy groups -OCH3 is 2. The van der Waals surface area contributed by atoms with Gasteiger partial charge in [0.1, 0.15) is 0 Å². The maximum atomic E-state index is 12.4. The van der Waals surface area contributed by atoms with Crippen molar-refractivity contribution >= 4 is 17.7 Å². The summed E-state index contributed by atoms with van der Waals surface area (Å²) in [5, 5.41) is 3.10. The van der Waals surface area contributed by atoms with Crippen molar-refractivity contribution in [2.75, 3.05) is 20.8 Å². The molecule has 1 amide bonds. The highest BCUT2D eigenvalue weighted by molar-refractivity contribution is 8.00. The number of hydrogen-bond donors (Lipinski definition) is 2. The first-order valence-electron chi connectivity index (χ1n) is 9.79. The van der Waals surface area contributed by atoms with Gasteiger partial charge in [-0.3, -0.25) is 9.59 Å². The third-order valence-corrected chi connectivity index (χ3v) is 5.97. The molecule has 0 radical (unpaired) electrons. The third kappa shape index (κ3) is 5.32. The van der Waals surface area contributed by atoms with Crippen molar-refractivity contribution in [2.24, 2.45) is 0 Å². The Hall–Kier alpha value is -2.48. The van der Waals surface area contributed by atoms with Gasteiger partial charge in [-0.1, -0.05) is 17.8 Å². The second-order valence-corrected chi connectivity index (χ2v) is 8.32. The van der Waals surface area contributed by atoms with Gasteiger partial charge < -0.3 is 19.8 Å². The van der Waals surface area contributed by atoms with Crippen LogP contribution in [0.3, 0.4) is 0 Å². The number of H-pyrrole nitrogens is 1. The van der Waals surface area contributed by atoms with E-state index in [1.807, 2.05) is 25.1 Å². The van der Waals surface area contributed by atoms with Crippen molar-refractivity contribution in [2.45, 2.75) is 49.4 Å². The molecule has 0 saturated heterocycles. The Kier molecular flexibility index (Phi) is 7.19. The van der Waals surface area contributed by atoms with Crippen LogP contribution in [0.1, 0.15) is 36.6 Å². The highest BCUT2D eigenvalue weighted by Crippen LogP contribution is 2.27. The van der Waals surface area contributed by atoms with Crippen LogP contribution in [0.25, 0.3) is 0 Å². The molecule has 0 bridgehead atoms. The number of carbonyl (C=O) groups is 1. The van der Waals surface area contributed by atoms with Crippen LogP contribution in [0.4, 0.5) is 0 Å². The number of nitrogens with zero attached hydrogens (tertiary/aromatic N) is 1. The van der Waals surface area contributed by atoms with Gasteiger partial charge in [-0.2, -0.15) is 0 Å². The van der Waals surface area contributed by atoms with Crippen molar-refractivity contribution in [3.05, 3.63) is 45.4 Å².